The van der Waals surface area contributed by atoms with Gasteiger partial charge in [-0.25, -0.2) is 17.6 Å². The summed E-state index contributed by atoms with van der Waals surface area (Å²) in [5.41, 5.74) is 1.03. The summed E-state index contributed by atoms with van der Waals surface area (Å²) in [6, 6.07) is 7.84. The van der Waals surface area contributed by atoms with Crippen molar-refractivity contribution >= 4 is 21.7 Å². The summed E-state index contributed by atoms with van der Waals surface area (Å²) in [6.07, 6.45) is 0. The molecule has 0 heterocycles. The highest BCUT2D eigenvalue weighted by atomic mass is 32.2. The number of halogens is 1. The van der Waals surface area contributed by atoms with Gasteiger partial charge in [0.1, 0.15) is 0 Å². The molecule has 0 aliphatic heterocycles. The van der Waals surface area contributed by atoms with Gasteiger partial charge < -0.3 is 9.47 Å². The molecule has 0 atom stereocenters. The second-order valence-corrected chi connectivity index (χ2v) is 6.83. The van der Waals surface area contributed by atoms with E-state index < -0.39 is 21.8 Å². The van der Waals surface area contributed by atoms with Crippen LogP contribution in [0.3, 0.4) is 0 Å². The van der Waals surface area contributed by atoms with E-state index in [1.165, 1.54) is 31.4 Å². The van der Waals surface area contributed by atoms with E-state index in [9.17, 15) is 17.6 Å². The maximum Gasteiger partial charge on any atom is 0.338 e. The predicted octanol–water partition coefficient (Wildman–Crippen LogP) is 3.12. The highest BCUT2D eigenvalue weighted by Gasteiger charge is 2.19. The maximum absolute atomic E-state index is 13.8. The van der Waals surface area contributed by atoms with Gasteiger partial charge in [0.15, 0.2) is 11.6 Å². The molecule has 0 aromatic heterocycles. The van der Waals surface area contributed by atoms with Crippen molar-refractivity contribution in [3.05, 3.63) is 53.3 Å². The van der Waals surface area contributed by atoms with Gasteiger partial charge in [0.25, 0.3) is 10.0 Å². The van der Waals surface area contributed by atoms with Gasteiger partial charge in [-0.2, -0.15) is 0 Å². The van der Waals surface area contributed by atoms with Gasteiger partial charge in [-0.15, -0.1) is 0 Å². The third-order valence-electron chi connectivity index (χ3n) is 3.43. The Kier molecular flexibility index (Phi) is 5.63. The molecular formula is C17H18FNO5S. The quantitative estimate of drug-likeness (QED) is 0.794. The molecule has 2 aromatic carbocycles. The van der Waals surface area contributed by atoms with E-state index in [1.54, 1.807) is 19.9 Å². The van der Waals surface area contributed by atoms with Crippen LogP contribution in [-0.4, -0.2) is 28.1 Å². The number of ether oxygens (including phenoxy) is 2. The van der Waals surface area contributed by atoms with Crippen LogP contribution in [-0.2, 0) is 14.8 Å². The molecule has 0 unspecified atom stereocenters. The fourth-order valence-corrected chi connectivity index (χ4v) is 3.22. The lowest BCUT2D eigenvalue weighted by molar-refractivity contribution is 0.0526. The summed E-state index contributed by atoms with van der Waals surface area (Å²) >= 11 is 0. The van der Waals surface area contributed by atoms with Crippen LogP contribution in [0.4, 0.5) is 10.1 Å². The standard InChI is InChI=1S/C17H18FNO5S/c1-4-24-17(20)12-6-5-11(2)15(9-12)19-25(21,22)13-7-8-16(23-3)14(18)10-13/h5-10,19H,4H2,1-3H3. The van der Waals surface area contributed by atoms with Crippen LogP contribution in [0.5, 0.6) is 5.75 Å². The topological polar surface area (TPSA) is 81.7 Å². The molecule has 0 saturated carbocycles. The Morgan fingerprint density at radius 1 is 1.20 bits per heavy atom. The minimum Gasteiger partial charge on any atom is -0.494 e. The third-order valence-corrected chi connectivity index (χ3v) is 4.79. The van der Waals surface area contributed by atoms with Crippen molar-refractivity contribution in [3.63, 3.8) is 0 Å². The number of rotatable bonds is 6. The van der Waals surface area contributed by atoms with E-state index in [0.717, 1.165) is 6.07 Å². The van der Waals surface area contributed by atoms with Crippen LogP contribution in [0, 0.1) is 12.7 Å². The monoisotopic (exact) mass is 367 g/mol. The molecule has 0 aliphatic rings. The molecule has 1 N–H and O–H groups in total. The summed E-state index contributed by atoms with van der Waals surface area (Å²) in [4.78, 5) is 11.5. The van der Waals surface area contributed by atoms with Gasteiger partial charge in [0, 0.05) is 0 Å². The van der Waals surface area contributed by atoms with Crippen LogP contribution in [0.25, 0.3) is 0 Å². The van der Waals surface area contributed by atoms with Gasteiger partial charge in [-0.1, -0.05) is 6.07 Å². The zero-order valence-electron chi connectivity index (χ0n) is 14.0. The van der Waals surface area contributed by atoms with Crippen LogP contribution in [0.15, 0.2) is 41.3 Å². The van der Waals surface area contributed by atoms with Gasteiger partial charge in [0.05, 0.1) is 29.9 Å². The van der Waals surface area contributed by atoms with E-state index in [2.05, 4.69) is 4.72 Å². The molecule has 134 valence electrons. The highest BCUT2D eigenvalue weighted by molar-refractivity contribution is 7.92. The number of sulfonamides is 1. The summed E-state index contributed by atoms with van der Waals surface area (Å²) < 4.78 is 50.8. The Bertz CT molecular complexity index is 896. The molecule has 6 nitrogen and oxygen atoms in total. The Hall–Kier alpha value is -2.61. The summed E-state index contributed by atoms with van der Waals surface area (Å²) in [6.45, 7) is 3.56. The molecule has 2 aromatic rings. The van der Waals surface area contributed by atoms with Crippen molar-refractivity contribution in [2.24, 2.45) is 0 Å². The lowest BCUT2D eigenvalue weighted by Gasteiger charge is -2.12. The predicted molar refractivity (Wildman–Crippen MR) is 90.9 cm³/mol. The van der Waals surface area contributed by atoms with Gasteiger partial charge >= 0.3 is 5.97 Å². The van der Waals surface area contributed by atoms with Crippen LogP contribution in [0.2, 0.25) is 0 Å². The fraction of sp³-hybridized carbons (Fsp3) is 0.235. The zero-order chi connectivity index (χ0) is 18.6. The number of hydrogen-bond acceptors (Lipinski definition) is 5. The number of aryl methyl sites for hydroxylation is 1. The normalized spacial score (nSPS) is 11.0. The van der Waals surface area contributed by atoms with Crippen molar-refractivity contribution in [2.75, 3.05) is 18.4 Å². The number of benzene rings is 2. The zero-order valence-corrected chi connectivity index (χ0v) is 14.8. The van der Waals surface area contributed by atoms with E-state index in [0.29, 0.717) is 5.56 Å². The first-order valence-corrected chi connectivity index (χ1v) is 8.91. The molecule has 8 heteroatoms. The molecule has 0 radical (unpaired) electrons. The van der Waals surface area contributed by atoms with E-state index >= 15 is 0 Å². The highest BCUT2D eigenvalue weighted by Crippen LogP contribution is 2.25. The summed E-state index contributed by atoms with van der Waals surface area (Å²) in [7, 11) is -2.75. The molecule has 25 heavy (non-hydrogen) atoms. The second-order valence-electron chi connectivity index (χ2n) is 5.15. The third kappa shape index (κ3) is 4.27. The Morgan fingerprint density at radius 2 is 1.92 bits per heavy atom. The van der Waals surface area contributed by atoms with Gasteiger partial charge in [0.2, 0.25) is 0 Å². The van der Waals surface area contributed by atoms with E-state index in [1.807, 2.05) is 0 Å². The Labute approximate surface area is 145 Å². The molecular weight excluding hydrogens is 349 g/mol. The van der Waals surface area contributed by atoms with Gasteiger partial charge in [-0.05, 0) is 49.7 Å². The molecule has 0 bridgehead atoms. The number of esters is 1. The number of carbonyl (C=O) groups is 1. The maximum atomic E-state index is 13.8. The number of hydrogen-bond donors (Lipinski definition) is 1. The molecule has 0 fully saturated rings. The minimum atomic E-state index is -4.04. The van der Waals surface area contributed by atoms with Crippen LogP contribution in [0.1, 0.15) is 22.8 Å². The SMILES string of the molecule is CCOC(=O)c1ccc(C)c(NS(=O)(=O)c2ccc(OC)c(F)c2)c1. The molecule has 2 rings (SSSR count). The average molecular weight is 367 g/mol. The van der Waals surface area contributed by atoms with Crippen molar-refractivity contribution in [1.82, 2.24) is 0 Å². The number of methoxy groups -OCH3 is 1. The largest absolute Gasteiger partial charge is 0.494 e. The Morgan fingerprint density at radius 3 is 2.52 bits per heavy atom. The van der Waals surface area contributed by atoms with Crippen molar-refractivity contribution in [2.45, 2.75) is 18.7 Å². The Balaban J connectivity index is 2.35. The van der Waals surface area contributed by atoms with Crippen LogP contribution >= 0.6 is 0 Å². The van der Waals surface area contributed by atoms with E-state index in [4.69, 9.17) is 9.47 Å². The van der Waals surface area contributed by atoms with Crippen molar-refractivity contribution < 1.29 is 27.1 Å². The summed E-state index contributed by atoms with van der Waals surface area (Å²) in [5.74, 6) is -1.40. The molecule has 0 saturated heterocycles. The lowest BCUT2D eigenvalue weighted by atomic mass is 10.1. The van der Waals surface area contributed by atoms with Gasteiger partial charge in [-0.3, -0.25) is 4.72 Å². The smallest absolute Gasteiger partial charge is 0.338 e. The van der Waals surface area contributed by atoms with Crippen LogP contribution < -0.4 is 9.46 Å². The number of nitrogens with one attached hydrogen (secondary N) is 1. The first-order valence-electron chi connectivity index (χ1n) is 7.42. The number of anilines is 1. The minimum absolute atomic E-state index is 0.0561. The van der Waals surface area contributed by atoms with Crippen molar-refractivity contribution in [3.8, 4) is 5.75 Å². The molecule has 0 amide bonds. The summed E-state index contributed by atoms with van der Waals surface area (Å²) in [5, 5.41) is 0. The molecule has 0 spiro atoms. The fourth-order valence-electron chi connectivity index (χ4n) is 2.09. The van der Waals surface area contributed by atoms with E-state index in [-0.39, 0.29) is 28.5 Å². The lowest BCUT2D eigenvalue weighted by Crippen LogP contribution is -2.15. The first-order chi connectivity index (χ1) is 11.8. The van der Waals surface area contributed by atoms with Crippen molar-refractivity contribution in [1.29, 1.82) is 0 Å². The number of carbonyl (C=O) groups excluding carboxylic acids is 1. The second kappa shape index (κ2) is 7.52. The average Bonchev–Trinajstić information content (AvgIpc) is 2.56. The molecule has 0 aliphatic carbocycles. The first kappa shape index (κ1) is 18.7.